The number of nitrogens with one attached hydrogen (secondary N) is 2. The van der Waals surface area contributed by atoms with Crippen molar-refractivity contribution in [2.45, 2.75) is 6.54 Å². The molecule has 0 aliphatic heterocycles. The molecule has 0 heterocycles. The number of rotatable bonds is 9. The van der Waals surface area contributed by atoms with Crippen LogP contribution in [0.15, 0.2) is 88.4 Å². The first kappa shape index (κ1) is 21.8. The fraction of sp³-hybridized carbons (Fsp3) is 0.130. The third-order valence-corrected chi connectivity index (χ3v) is 4.73. The summed E-state index contributed by atoms with van der Waals surface area (Å²) < 4.78 is 12.4. The summed E-state index contributed by atoms with van der Waals surface area (Å²) in [6.45, 7) is 1.55. The van der Waals surface area contributed by atoms with Gasteiger partial charge in [0.15, 0.2) is 5.11 Å². The predicted molar refractivity (Wildman–Crippen MR) is 128 cm³/mol. The standard InChI is InChI=1S/C23H22BrN3O2S/c24-20-9-11-21(12-10-20)28-13-14-29-22-8-4-7-19(15-22)17-26-27-23(30)25-16-18-5-2-1-3-6-18/h1-12,15,17H,13-14,16H2,(H2,25,27,30). The maximum Gasteiger partial charge on any atom is 0.187 e. The molecule has 0 spiro atoms. The van der Waals surface area contributed by atoms with Crippen LogP contribution >= 0.6 is 28.1 Å². The summed E-state index contributed by atoms with van der Waals surface area (Å²) in [6, 6.07) is 25.4. The Morgan fingerprint density at radius 1 is 0.900 bits per heavy atom. The lowest BCUT2D eigenvalue weighted by molar-refractivity contribution is 0.217. The molecule has 0 unspecified atom stereocenters. The molecular weight excluding hydrogens is 462 g/mol. The van der Waals surface area contributed by atoms with E-state index in [9.17, 15) is 0 Å². The molecule has 30 heavy (non-hydrogen) atoms. The minimum Gasteiger partial charge on any atom is -0.490 e. The average Bonchev–Trinajstić information content (AvgIpc) is 2.78. The van der Waals surface area contributed by atoms with Crippen molar-refractivity contribution in [2.75, 3.05) is 13.2 Å². The van der Waals surface area contributed by atoms with E-state index in [-0.39, 0.29) is 0 Å². The summed E-state index contributed by atoms with van der Waals surface area (Å²) in [5, 5.41) is 7.75. The first-order chi connectivity index (χ1) is 14.7. The molecule has 0 aromatic heterocycles. The molecule has 0 saturated carbocycles. The predicted octanol–water partition coefficient (Wildman–Crippen LogP) is 4.91. The van der Waals surface area contributed by atoms with Gasteiger partial charge < -0.3 is 14.8 Å². The third-order valence-electron chi connectivity index (χ3n) is 3.97. The van der Waals surface area contributed by atoms with E-state index < -0.39 is 0 Å². The maximum atomic E-state index is 5.75. The number of hydrogen-bond acceptors (Lipinski definition) is 4. The molecule has 0 aliphatic carbocycles. The SMILES string of the molecule is S=C(NCc1ccccc1)NN=Cc1cccc(OCCOc2ccc(Br)cc2)c1. The van der Waals surface area contributed by atoms with Crippen LogP contribution in [-0.2, 0) is 6.54 Å². The Hall–Kier alpha value is -2.90. The monoisotopic (exact) mass is 483 g/mol. The molecule has 3 rings (SSSR count). The van der Waals surface area contributed by atoms with Crippen LogP contribution in [0.2, 0.25) is 0 Å². The van der Waals surface area contributed by atoms with Gasteiger partial charge in [0.05, 0.1) is 6.21 Å². The van der Waals surface area contributed by atoms with Crippen LogP contribution in [0.4, 0.5) is 0 Å². The number of nitrogens with zero attached hydrogens (tertiary/aromatic N) is 1. The Labute approximate surface area is 190 Å². The molecule has 0 amide bonds. The molecule has 7 heteroatoms. The second-order valence-electron chi connectivity index (χ2n) is 6.26. The summed E-state index contributed by atoms with van der Waals surface area (Å²) in [5.74, 6) is 1.56. The summed E-state index contributed by atoms with van der Waals surface area (Å²) in [6.07, 6.45) is 1.70. The van der Waals surface area contributed by atoms with Crippen LogP contribution < -0.4 is 20.2 Å². The second-order valence-corrected chi connectivity index (χ2v) is 7.59. The Kier molecular flexibility index (Phi) is 8.68. The van der Waals surface area contributed by atoms with Crippen molar-refractivity contribution in [2.24, 2.45) is 5.10 Å². The first-order valence-electron chi connectivity index (χ1n) is 9.41. The molecule has 0 radical (unpaired) electrons. The van der Waals surface area contributed by atoms with Gasteiger partial charge in [-0.05, 0) is 59.7 Å². The van der Waals surface area contributed by atoms with E-state index in [1.54, 1.807) is 6.21 Å². The summed E-state index contributed by atoms with van der Waals surface area (Å²) in [5.41, 5.74) is 4.88. The van der Waals surface area contributed by atoms with Crippen LogP contribution in [0.25, 0.3) is 0 Å². The number of ether oxygens (including phenoxy) is 2. The molecule has 154 valence electrons. The molecule has 3 aromatic carbocycles. The highest BCUT2D eigenvalue weighted by atomic mass is 79.9. The Balaban J connectivity index is 1.38. The molecule has 0 fully saturated rings. The number of benzene rings is 3. The average molecular weight is 484 g/mol. The number of thiocarbonyl (C=S) groups is 1. The lowest BCUT2D eigenvalue weighted by Crippen LogP contribution is -2.31. The van der Waals surface area contributed by atoms with Crippen molar-refractivity contribution in [1.29, 1.82) is 0 Å². The topological polar surface area (TPSA) is 54.9 Å². The number of hydrogen-bond donors (Lipinski definition) is 2. The molecule has 0 bridgehead atoms. The highest BCUT2D eigenvalue weighted by Gasteiger charge is 1.98. The van der Waals surface area contributed by atoms with Gasteiger partial charge in [0.1, 0.15) is 24.7 Å². The smallest absolute Gasteiger partial charge is 0.187 e. The van der Waals surface area contributed by atoms with Gasteiger partial charge >= 0.3 is 0 Å². The van der Waals surface area contributed by atoms with Gasteiger partial charge in [0.2, 0.25) is 0 Å². The fourth-order valence-electron chi connectivity index (χ4n) is 2.52. The van der Waals surface area contributed by atoms with Crippen molar-refractivity contribution in [3.63, 3.8) is 0 Å². The van der Waals surface area contributed by atoms with E-state index in [0.717, 1.165) is 27.1 Å². The first-order valence-corrected chi connectivity index (χ1v) is 10.6. The van der Waals surface area contributed by atoms with Crippen LogP contribution in [0.3, 0.4) is 0 Å². The van der Waals surface area contributed by atoms with Crippen LogP contribution in [-0.4, -0.2) is 24.5 Å². The van der Waals surface area contributed by atoms with Gasteiger partial charge in [-0.15, -0.1) is 0 Å². The van der Waals surface area contributed by atoms with Gasteiger partial charge in [0.25, 0.3) is 0 Å². The van der Waals surface area contributed by atoms with Crippen molar-refractivity contribution in [3.05, 3.63) is 94.5 Å². The molecular formula is C23H22BrN3O2S. The van der Waals surface area contributed by atoms with Crippen molar-refractivity contribution < 1.29 is 9.47 Å². The Morgan fingerprint density at radius 3 is 2.40 bits per heavy atom. The van der Waals surface area contributed by atoms with Gasteiger partial charge in [-0.25, -0.2) is 0 Å². The molecule has 2 N–H and O–H groups in total. The number of hydrazone groups is 1. The number of halogens is 1. The Morgan fingerprint density at radius 2 is 1.63 bits per heavy atom. The van der Waals surface area contributed by atoms with Gasteiger partial charge in [-0.1, -0.05) is 58.4 Å². The Bertz CT molecular complexity index is 966. The fourth-order valence-corrected chi connectivity index (χ4v) is 2.91. The zero-order chi connectivity index (χ0) is 21.0. The lowest BCUT2D eigenvalue weighted by Gasteiger charge is -2.09. The van der Waals surface area contributed by atoms with E-state index in [4.69, 9.17) is 21.7 Å². The van der Waals surface area contributed by atoms with E-state index in [2.05, 4.69) is 31.8 Å². The van der Waals surface area contributed by atoms with E-state index in [1.807, 2.05) is 78.9 Å². The highest BCUT2D eigenvalue weighted by Crippen LogP contribution is 2.16. The van der Waals surface area contributed by atoms with Crippen molar-refractivity contribution >= 4 is 39.5 Å². The van der Waals surface area contributed by atoms with Crippen LogP contribution in [0.5, 0.6) is 11.5 Å². The molecule has 5 nitrogen and oxygen atoms in total. The molecule has 0 saturated heterocycles. The van der Waals surface area contributed by atoms with Gasteiger partial charge in [-0.3, -0.25) is 5.43 Å². The third kappa shape index (κ3) is 7.85. The molecule has 3 aromatic rings. The minimum atomic E-state index is 0.447. The zero-order valence-corrected chi connectivity index (χ0v) is 18.7. The second kappa shape index (κ2) is 11.9. The summed E-state index contributed by atoms with van der Waals surface area (Å²) in [4.78, 5) is 0. The zero-order valence-electron chi connectivity index (χ0n) is 16.3. The van der Waals surface area contributed by atoms with Gasteiger partial charge in [0, 0.05) is 11.0 Å². The molecule has 0 atom stereocenters. The summed E-state index contributed by atoms with van der Waals surface area (Å²) >= 11 is 8.64. The van der Waals surface area contributed by atoms with E-state index >= 15 is 0 Å². The largest absolute Gasteiger partial charge is 0.490 e. The van der Waals surface area contributed by atoms with E-state index in [0.29, 0.717) is 24.9 Å². The van der Waals surface area contributed by atoms with E-state index in [1.165, 1.54) is 0 Å². The van der Waals surface area contributed by atoms with Crippen molar-refractivity contribution in [3.8, 4) is 11.5 Å². The minimum absolute atomic E-state index is 0.447. The van der Waals surface area contributed by atoms with Crippen molar-refractivity contribution in [1.82, 2.24) is 10.7 Å². The highest BCUT2D eigenvalue weighted by molar-refractivity contribution is 9.10. The van der Waals surface area contributed by atoms with Gasteiger partial charge in [-0.2, -0.15) is 5.10 Å². The lowest BCUT2D eigenvalue weighted by atomic mass is 10.2. The normalized spacial score (nSPS) is 10.6. The maximum absolute atomic E-state index is 5.75. The van der Waals surface area contributed by atoms with Crippen LogP contribution in [0, 0.1) is 0 Å². The van der Waals surface area contributed by atoms with Crippen LogP contribution in [0.1, 0.15) is 11.1 Å². The quantitative estimate of drug-likeness (QED) is 0.196. The summed E-state index contributed by atoms with van der Waals surface area (Å²) in [7, 11) is 0. The molecule has 0 aliphatic rings.